The molecule has 2 heterocycles. The fourth-order valence-corrected chi connectivity index (χ4v) is 5.28. The van der Waals surface area contributed by atoms with Crippen molar-refractivity contribution in [2.24, 2.45) is 0 Å². The number of fused-ring (bicyclic) bond motifs is 1. The van der Waals surface area contributed by atoms with Gasteiger partial charge >= 0.3 is 5.97 Å². The molecule has 1 aliphatic rings. The molecule has 116 valence electrons. The maximum absolute atomic E-state index is 12.8. The molecule has 0 amide bonds. The van der Waals surface area contributed by atoms with E-state index < -0.39 is 16.0 Å². The minimum Gasteiger partial charge on any atom is -0.465 e. The normalized spacial score (nSPS) is 15.3. The van der Waals surface area contributed by atoms with Crippen molar-refractivity contribution in [3.05, 3.63) is 51.7 Å². The van der Waals surface area contributed by atoms with Crippen molar-refractivity contribution in [2.75, 3.05) is 13.7 Å². The number of nitrogens with zero attached hydrogens (tertiary/aromatic N) is 1. The number of benzene rings is 1. The molecule has 0 unspecified atom stereocenters. The van der Waals surface area contributed by atoms with Crippen LogP contribution in [0.2, 0.25) is 0 Å². The van der Waals surface area contributed by atoms with Crippen molar-refractivity contribution >= 4 is 27.3 Å². The second kappa shape index (κ2) is 5.83. The zero-order valence-corrected chi connectivity index (χ0v) is 13.6. The molecule has 0 aliphatic carbocycles. The summed E-state index contributed by atoms with van der Waals surface area (Å²) in [5, 5.41) is 1.59. The third kappa shape index (κ3) is 2.55. The number of ether oxygens (including phenoxy) is 1. The van der Waals surface area contributed by atoms with Crippen LogP contribution in [0.15, 0.2) is 40.6 Å². The van der Waals surface area contributed by atoms with E-state index in [1.807, 2.05) is 24.3 Å². The van der Waals surface area contributed by atoms with Crippen LogP contribution in [0.25, 0.3) is 0 Å². The number of hydrogen-bond acceptors (Lipinski definition) is 5. The lowest BCUT2D eigenvalue weighted by molar-refractivity contribution is 0.0602. The Morgan fingerprint density at radius 3 is 2.68 bits per heavy atom. The molecule has 7 heteroatoms. The minimum atomic E-state index is -3.70. The zero-order chi connectivity index (χ0) is 15.7. The van der Waals surface area contributed by atoms with Gasteiger partial charge in [-0.05, 0) is 29.0 Å². The van der Waals surface area contributed by atoms with Crippen LogP contribution in [0.4, 0.5) is 0 Å². The summed E-state index contributed by atoms with van der Waals surface area (Å²) in [6, 6.07) is 9.28. The maximum Gasteiger partial charge on any atom is 0.349 e. The molecule has 22 heavy (non-hydrogen) atoms. The van der Waals surface area contributed by atoms with Gasteiger partial charge in [0.1, 0.15) is 9.77 Å². The van der Waals surface area contributed by atoms with Crippen LogP contribution < -0.4 is 0 Å². The van der Waals surface area contributed by atoms with Gasteiger partial charge < -0.3 is 4.74 Å². The summed E-state index contributed by atoms with van der Waals surface area (Å²) in [6.07, 6.45) is 0.674. The fraction of sp³-hybridized carbons (Fsp3) is 0.267. The Morgan fingerprint density at radius 2 is 1.95 bits per heavy atom. The molecule has 0 N–H and O–H groups in total. The number of rotatable bonds is 3. The number of sulfonamides is 1. The molecule has 5 nitrogen and oxygen atoms in total. The first kappa shape index (κ1) is 15.2. The highest BCUT2D eigenvalue weighted by Crippen LogP contribution is 2.29. The molecule has 1 aromatic carbocycles. The third-order valence-corrected chi connectivity index (χ3v) is 6.62. The SMILES string of the molecule is COC(=O)c1sccc1S(=O)(=O)N1CCc2ccccc2C1. The van der Waals surface area contributed by atoms with Crippen LogP contribution in [0, 0.1) is 0 Å². The standard InChI is InChI=1S/C15H15NO4S2/c1-20-15(17)14-13(7-9-21-14)22(18,19)16-8-6-11-4-2-3-5-12(11)10-16/h2-5,7,9H,6,8,10H2,1H3. The van der Waals surface area contributed by atoms with Crippen LogP contribution >= 0.6 is 11.3 Å². The predicted octanol–water partition coefficient (Wildman–Crippen LogP) is 2.28. The first-order chi connectivity index (χ1) is 10.5. The second-order valence-corrected chi connectivity index (χ2v) is 7.79. The van der Waals surface area contributed by atoms with E-state index in [1.54, 1.807) is 5.38 Å². The number of esters is 1. The molecule has 0 bridgehead atoms. The van der Waals surface area contributed by atoms with E-state index in [4.69, 9.17) is 0 Å². The van der Waals surface area contributed by atoms with Gasteiger partial charge in [-0.15, -0.1) is 11.3 Å². The Hall–Kier alpha value is -1.70. The first-order valence-corrected chi connectivity index (χ1v) is 9.08. The molecule has 0 saturated carbocycles. The van der Waals surface area contributed by atoms with E-state index in [2.05, 4.69) is 4.74 Å². The highest BCUT2D eigenvalue weighted by atomic mass is 32.2. The molecule has 0 spiro atoms. The number of hydrogen-bond donors (Lipinski definition) is 0. The summed E-state index contributed by atoms with van der Waals surface area (Å²) >= 11 is 1.08. The first-order valence-electron chi connectivity index (χ1n) is 6.77. The molecule has 0 atom stereocenters. The summed E-state index contributed by atoms with van der Waals surface area (Å²) < 4.78 is 31.7. The van der Waals surface area contributed by atoms with Gasteiger partial charge in [-0.2, -0.15) is 4.31 Å². The van der Waals surface area contributed by atoms with Crippen molar-refractivity contribution in [1.82, 2.24) is 4.31 Å². The van der Waals surface area contributed by atoms with Crippen molar-refractivity contribution in [3.63, 3.8) is 0 Å². The lowest BCUT2D eigenvalue weighted by atomic mass is 10.0. The van der Waals surface area contributed by atoms with E-state index >= 15 is 0 Å². The van der Waals surface area contributed by atoms with Crippen LogP contribution in [-0.4, -0.2) is 32.3 Å². The molecule has 0 radical (unpaired) electrons. The third-order valence-electron chi connectivity index (χ3n) is 3.71. The van der Waals surface area contributed by atoms with Crippen LogP contribution in [0.5, 0.6) is 0 Å². The maximum atomic E-state index is 12.8. The second-order valence-electron chi connectivity index (χ2n) is 4.96. The van der Waals surface area contributed by atoms with Crippen LogP contribution in [-0.2, 0) is 27.7 Å². The van der Waals surface area contributed by atoms with E-state index in [-0.39, 0.29) is 9.77 Å². The average Bonchev–Trinajstić information content (AvgIpc) is 3.04. The zero-order valence-electron chi connectivity index (χ0n) is 12.0. The average molecular weight is 337 g/mol. The van der Waals surface area contributed by atoms with Crippen molar-refractivity contribution < 1.29 is 17.9 Å². The van der Waals surface area contributed by atoms with E-state index in [1.165, 1.54) is 23.0 Å². The Bertz CT molecular complexity index is 810. The van der Waals surface area contributed by atoms with Crippen molar-refractivity contribution in [2.45, 2.75) is 17.9 Å². The number of carbonyl (C=O) groups excluding carboxylic acids is 1. The molecule has 1 aliphatic heterocycles. The smallest absolute Gasteiger partial charge is 0.349 e. The van der Waals surface area contributed by atoms with Crippen LogP contribution in [0.3, 0.4) is 0 Å². The number of carbonyl (C=O) groups is 1. The summed E-state index contributed by atoms with van der Waals surface area (Å²) in [7, 11) is -2.46. The molecular formula is C15H15NO4S2. The Balaban J connectivity index is 1.95. The molecule has 1 aromatic heterocycles. The van der Waals surface area contributed by atoms with Gasteiger partial charge in [-0.25, -0.2) is 13.2 Å². The highest BCUT2D eigenvalue weighted by molar-refractivity contribution is 7.89. The lowest BCUT2D eigenvalue weighted by Gasteiger charge is -2.28. The minimum absolute atomic E-state index is 0.0312. The topological polar surface area (TPSA) is 63.7 Å². The monoisotopic (exact) mass is 337 g/mol. The Labute approximate surface area is 133 Å². The molecule has 0 saturated heterocycles. The summed E-state index contributed by atoms with van der Waals surface area (Å²) in [5.41, 5.74) is 2.18. The van der Waals surface area contributed by atoms with Gasteiger partial charge in [0.05, 0.1) is 7.11 Å². The lowest BCUT2D eigenvalue weighted by Crippen LogP contribution is -2.36. The highest BCUT2D eigenvalue weighted by Gasteiger charge is 2.32. The summed E-state index contributed by atoms with van der Waals surface area (Å²) in [5.74, 6) is -0.619. The van der Waals surface area contributed by atoms with E-state index in [0.29, 0.717) is 19.5 Å². The van der Waals surface area contributed by atoms with Crippen LogP contribution in [0.1, 0.15) is 20.8 Å². The predicted molar refractivity (Wildman–Crippen MR) is 83.4 cm³/mol. The van der Waals surface area contributed by atoms with Gasteiger partial charge in [0.25, 0.3) is 0 Å². The van der Waals surface area contributed by atoms with Gasteiger partial charge in [0.15, 0.2) is 0 Å². The quantitative estimate of drug-likeness (QED) is 0.806. The van der Waals surface area contributed by atoms with Gasteiger partial charge in [0, 0.05) is 13.1 Å². The van der Waals surface area contributed by atoms with E-state index in [9.17, 15) is 13.2 Å². The Kier molecular flexibility index (Phi) is 4.03. The van der Waals surface area contributed by atoms with Gasteiger partial charge in [-0.1, -0.05) is 24.3 Å². The summed E-state index contributed by atoms with van der Waals surface area (Å²) in [4.78, 5) is 11.9. The van der Waals surface area contributed by atoms with Gasteiger partial charge in [-0.3, -0.25) is 0 Å². The van der Waals surface area contributed by atoms with Crippen molar-refractivity contribution in [1.29, 1.82) is 0 Å². The molecule has 3 rings (SSSR count). The van der Waals surface area contributed by atoms with E-state index in [0.717, 1.165) is 16.9 Å². The van der Waals surface area contributed by atoms with Gasteiger partial charge in [0.2, 0.25) is 10.0 Å². The number of thiophene rings is 1. The fourth-order valence-electron chi connectivity index (χ4n) is 2.56. The van der Waals surface area contributed by atoms with Crippen molar-refractivity contribution in [3.8, 4) is 0 Å². The summed E-state index contributed by atoms with van der Waals surface area (Å²) in [6.45, 7) is 0.741. The molecule has 0 fully saturated rings. The molecular weight excluding hydrogens is 322 g/mol. The number of methoxy groups -OCH3 is 1. The largest absolute Gasteiger partial charge is 0.465 e. The Morgan fingerprint density at radius 1 is 1.23 bits per heavy atom. The molecule has 2 aromatic rings.